The lowest BCUT2D eigenvalue weighted by Gasteiger charge is -2.40. The molecule has 136 valence electrons. The first-order valence-corrected chi connectivity index (χ1v) is 8.46. The van der Waals surface area contributed by atoms with Crippen molar-refractivity contribution in [1.29, 1.82) is 0 Å². The van der Waals surface area contributed by atoms with Gasteiger partial charge in [-0.05, 0) is 43.7 Å². The molecule has 0 radical (unpaired) electrons. The van der Waals surface area contributed by atoms with E-state index in [1.54, 1.807) is 21.9 Å². The van der Waals surface area contributed by atoms with Crippen molar-refractivity contribution in [3.8, 4) is 11.5 Å². The van der Waals surface area contributed by atoms with Gasteiger partial charge < -0.3 is 19.6 Å². The quantitative estimate of drug-likeness (QED) is 0.920. The highest BCUT2D eigenvalue weighted by Crippen LogP contribution is 2.28. The maximum atomic E-state index is 12.8. The molecule has 1 fully saturated rings. The van der Waals surface area contributed by atoms with Crippen molar-refractivity contribution in [2.24, 2.45) is 0 Å². The molecule has 0 saturated carbocycles. The molecule has 26 heavy (non-hydrogen) atoms. The zero-order chi connectivity index (χ0) is 18.8. The number of aromatic hydroxyl groups is 1. The fraction of sp³-hybridized carbons (Fsp3) is 0.300. The molecule has 0 aromatic heterocycles. The number of para-hydroxylation sites is 1. The molecule has 3 rings (SSSR count). The van der Waals surface area contributed by atoms with Crippen LogP contribution < -0.4 is 9.64 Å². The summed E-state index contributed by atoms with van der Waals surface area (Å²) in [6.45, 7) is 4.31. The lowest BCUT2D eigenvalue weighted by Crippen LogP contribution is -2.57. The van der Waals surface area contributed by atoms with E-state index >= 15 is 0 Å². The molecular weight excluding hydrogens is 332 g/mol. The third-order valence-corrected chi connectivity index (χ3v) is 4.68. The van der Waals surface area contributed by atoms with Crippen LogP contribution in [0.5, 0.6) is 11.5 Å². The Hall–Kier alpha value is -3.02. The van der Waals surface area contributed by atoms with Gasteiger partial charge in [-0.3, -0.25) is 9.59 Å². The Balaban J connectivity index is 1.81. The molecule has 1 aliphatic heterocycles. The molecule has 0 spiro atoms. The monoisotopic (exact) mass is 354 g/mol. The number of anilines is 1. The maximum absolute atomic E-state index is 12.8. The number of nitrogens with zero attached hydrogens (tertiary/aromatic N) is 2. The molecule has 1 aliphatic rings. The van der Waals surface area contributed by atoms with Crippen LogP contribution in [-0.4, -0.2) is 48.1 Å². The van der Waals surface area contributed by atoms with E-state index in [1.807, 2.05) is 38.1 Å². The minimum atomic E-state index is -0.284. The summed E-state index contributed by atoms with van der Waals surface area (Å²) in [5.74, 6) is -0.206. The first-order chi connectivity index (χ1) is 12.4. The highest BCUT2D eigenvalue weighted by Gasteiger charge is 2.34. The van der Waals surface area contributed by atoms with Gasteiger partial charge in [0.05, 0.1) is 7.11 Å². The first kappa shape index (κ1) is 17.8. The fourth-order valence-corrected chi connectivity index (χ4v) is 3.21. The van der Waals surface area contributed by atoms with Gasteiger partial charge in [0.25, 0.3) is 5.91 Å². The van der Waals surface area contributed by atoms with Crippen LogP contribution in [0.2, 0.25) is 0 Å². The smallest absolute Gasteiger partial charge is 0.254 e. The van der Waals surface area contributed by atoms with Crippen molar-refractivity contribution in [2.75, 3.05) is 25.1 Å². The van der Waals surface area contributed by atoms with Crippen LogP contribution in [-0.2, 0) is 4.79 Å². The van der Waals surface area contributed by atoms with Gasteiger partial charge in [-0.1, -0.05) is 18.2 Å². The van der Waals surface area contributed by atoms with Crippen LogP contribution in [0.4, 0.5) is 5.69 Å². The number of methoxy groups -OCH3 is 1. The van der Waals surface area contributed by atoms with Gasteiger partial charge in [0.2, 0.25) is 5.91 Å². The van der Waals surface area contributed by atoms with Crippen LogP contribution in [0.25, 0.3) is 0 Å². The van der Waals surface area contributed by atoms with E-state index in [-0.39, 0.29) is 30.2 Å². The van der Waals surface area contributed by atoms with Crippen LogP contribution in [0.15, 0.2) is 42.5 Å². The number of ether oxygens (including phenoxy) is 1. The molecule has 1 unspecified atom stereocenters. The van der Waals surface area contributed by atoms with Crippen molar-refractivity contribution in [3.05, 3.63) is 53.6 Å². The molecule has 1 N–H and O–H groups in total. The molecule has 1 atom stereocenters. The summed E-state index contributed by atoms with van der Waals surface area (Å²) >= 11 is 0. The third-order valence-electron chi connectivity index (χ3n) is 4.68. The van der Waals surface area contributed by atoms with E-state index in [0.717, 1.165) is 11.3 Å². The summed E-state index contributed by atoms with van der Waals surface area (Å²) in [4.78, 5) is 28.8. The van der Waals surface area contributed by atoms with Gasteiger partial charge in [-0.15, -0.1) is 0 Å². The first-order valence-electron chi connectivity index (χ1n) is 8.46. The minimum Gasteiger partial charge on any atom is -0.504 e. The van der Waals surface area contributed by atoms with Crippen molar-refractivity contribution in [1.82, 2.24) is 4.90 Å². The molecule has 2 aromatic rings. The number of hydrogen-bond acceptors (Lipinski definition) is 4. The lowest BCUT2D eigenvalue weighted by atomic mass is 10.1. The highest BCUT2D eigenvalue weighted by atomic mass is 16.5. The van der Waals surface area contributed by atoms with Crippen molar-refractivity contribution in [2.45, 2.75) is 19.9 Å². The molecule has 1 heterocycles. The number of amides is 2. The molecule has 6 heteroatoms. The molecule has 0 bridgehead atoms. The lowest BCUT2D eigenvalue weighted by molar-refractivity contribution is -0.121. The summed E-state index contributed by atoms with van der Waals surface area (Å²) in [6, 6.07) is 12.1. The van der Waals surface area contributed by atoms with Crippen molar-refractivity contribution >= 4 is 17.5 Å². The summed E-state index contributed by atoms with van der Waals surface area (Å²) in [5, 5.41) is 9.91. The number of carbonyl (C=O) groups is 2. The number of phenolic OH excluding ortho intramolecular Hbond substituents is 1. The summed E-state index contributed by atoms with van der Waals surface area (Å²) in [5.41, 5.74) is 2.22. The molecule has 0 aliphatic carbocycles. The number of rotatable bonds is 3. The SMILES string of the molecule is COc1ccc(C(=O)N2CC(=O)N(c3ccccc3C)CC2C)cc1O. The number of phenols is 1. The van der Waals surface area contributed by atoms with E-state index in [0.29, 0.717) is 17.9 Å². The van der Waals surface area contributed by atoms with E-state index in [1.165, 1.54) is 13.2 Å². The zero-order valence-corrected chi connectivity index (χ0v) is 15.1. The molecule has 6 nitrogen and oxygen atoms in total. The van der Waals surface area contributed by atoms with Gasteiger partial charge in [0, 0.05) is 23.8 Å². The number of hydrogen-bond donors (Lipinski definition) is 1. The summed E-state index contributed by atoms with van der Waals surface area (Å²) in [6.07, 6.45) is 0. The van der Waals surface area contributed by atoms with Gasteiger partial charge in [-0.2, -0.15) is 0 Å². The largest absolute Gasteiger partial charge is 0.504 e. The van der Waals surface area contributed by atoms with Gasteiger partial charge in [0.1, 0.15) is 6.54 Å². The van der Waals surface area contributed by atoms with E-state index in [4.69, 9.17) is 4.74 Å². The van der Waals surface area contributed by atoms with Crippen molar-refractivity contribution in [3.63, 3.8) is 0 Å². The van der Waals surface area contributed by atoms with Crippen LogP contribution in [0, 0.1) is 6.92 Å². The van der Waals surface area contributed by atoms with Gasteiger partial charge in [0.15, 0.2) is 11.5 Å². The number of piperazine rings is 1. The predicted octanol–water partition coefficient (Wildman–Crippen LogP) is 2.59. The number of benzene rings is 2. The average Bonchev–Trinajstić information content (AvgIpc) is 2.63. The minimum absolute atomic E-state index is 0.00112. The molecular formula is C20H22N2O4. The second-order valence-corrected chi connectivity index (χ2v) is 6.46. The number of aryl methyl sites for hydroxylation is 1. The summed E-state index contributed by atoms with van der Waals surface area (Å²) in [7, 11) is 1.45. The zero-order valence-electron chi connectivity index (χ0n) is 15.1. The van der Waals surface area contributed by atoms with Gasteiger partial charge in [-0.25, -0.2) is 0 Å². The van der Waals surface area contributed by atoms with Crippen LogP contribution >= 0.6 is 0 Å². The Bertz CT molecular complexity index is 849. The van der Waals surface area contributed by atoms with Crippen LogP contribution in [0.3, 0.4) is 0 Å². The average molecular weight is 354 g/mol. The standard InChI is InChI=1S/C20H22N2O4/c1-13-6-4-5-7-16(13)22-11-14(2)21(12-19(22)24)20(25)15-8-9-18(26-3)17(23)10-15/h4-10,14,23H,11-12H2,1-3H3. The number of carbonyl (C=O) groups excluding carboxylic acids is 2. The van der Waals surface area contributed by atoms with Crippen molar-refractivity contribution < 1.29 is 19.4 Å². The van der Waals surface area contributed by atoms with Crippen LogP contribution in [0.1, 0.15) is 22.8 Å². The normalized spacial score (nSPS) is 17.3. The highest BCUT2D eigenvalue weighted by molar-refractivity contribution is 6.02. The predicted molar refractivity (Wildman–Crippen MR) is 98.7 cm³/mol. The molecule has 1 saturated heterocycles. The fourth-order valence-electron chi connectivity index (χ4n) is 3.21. The molecule has 2 aromatic carbocycles. The second-order valence-electron chi connectivity index (χ2n) is 6.46. The van der Waals surface area contributed by atoms with E-state index in [2.05, 4.69) is 0 Å². The van der Waals surface area contributed by atoms with E-state index < -0.39 is 0 Å². The summed E-state index contributed by atoms with van der Waals surface area (Å²) < 4.78 is 5.00. The van der Waals surface area contributed by atoms with Gasteiger partial charge >= 0.3 is 0 Å². The Morgan fingerprint density at radius 3 is 2.62 bits per heavy atom. The Kier molecular flexibility index (Phi) is 4.84. The Morgan fingerprint density at radius 2 is 1.96 bits per heavy atom. The third kappa shape index (κ3) is 3.22. The second kappa shape index (κ2) is 7.07. The molecule has 2 amide bonds. The maximum Gasteiger partial charge on any atom is 0.254 e. The Labute approximate surface area is 152 Å². The van der Waals surface area contributed by atoms with E-state index in [9.17, 15) is 14.7 Å². The topological polar surface area (TPSA) is 70.1 Å². The Morgan fingerprint density at radius 1 is 1.23 bits per heavy atom.